The van der Waals surface area contributed by atoms with Gasteiger partial charge < -0.3 is 10.1 Å². The number of nitrogens with one attached hydrogen (secondary N) is 1. The number of halogens is 3. The van der Waals surface area contributed by atoms with Crippen molar-refractivity contribution < 1.29 is 22.7 Å². The molecule has 116 valence electrons. The number of anilines is 1. The zero-order chi connectivity index (χ0) is 16.2. The van der Waals surface area contributed by atoms with Crippen molar-refractivity contribution in [3.05, 3.63) is 59.4 Å². The third kappa shape index (κ3) is 3.75. The van der Waals surface area contributed by atoms with Gasteiger partial charge in [0.1, 0.15) is 0 Å². The van der Waals surface area contributed by atoms with E-state index in [1.54, 1.807) is 0 Å². The van der Waals surface area contributed by atoms with E-state index in [0.717, 1.165) is 12.1 Å². The number of aromatic nitrogens is 1. The van der Waals surface area contributed by atoms with Crippen LogP contribution in [-0.4, -0.2) is 18.1 Å². The average Bonchev–Trinajstić information content (AvgIpc) is 2.52. The molecule has 1 aromatic heterocycles. The molecule has 0 unspecified atom stereocenters. The van der Waals surface area contributed by atoms with Crippen LogP contribution in [-0.2, 0) is 17.5 Å². The highest BCUT2D eigenvalue weighted by Gasteiger charge is 2.29. The lowest BCUT2D eigenvalue weighted by atomic mass is 10.1. The summed E-state index contributed by atoms with van der Waals surface area (Å²) in [5.74, 6) is -0.516. The van der Waals surface area contributed by atoms with E-state index < -0.39 is 17.7 Å². The molecule has 0 spiro atoms. The van der Waals surface area contributed by atoms with Gasteiger partial charge in [-0.3, -0.25) is 4.98 Å². The maximum absolute atomic E-state index is 12.5. The molecule has 4 nitrogen and oxygen atoms in total. The Morgan fingerprint density at radius 3 is 2.50 bits per heavy atom. The molecule has 0 atom stereocenters. The Morgan fingerprint density at radius 2 is 1.91 bits per heavy atom. The molecule has 0 amide bonds. The molecule has 0 aliphatic carbocycles. The first kappa shape index (κ1) is 15.8. The number of alkyl halides is 3. The molecule has 2 rings (SSSR count). The van der Waals surface area contributed by atoms with Crippen LogP contribution in [0.2, 0.25) is 0 Å². The smallest absolute Gasteiger partial charge is 0.416 e. The molecule has 2 aromatic rings. The fourth-order valence-electron chi connectivity index (χ4n) is 1.83. The maximum Gasteiger partial charge on any atom is 0.416 e. The number of carbonyl (C=O) groups excluding carboxylic acids is 1. The van der Waals surface area contributed by atoms with Crippen molar-refractivity contribution in [3.8, 4) is 0 Å². The number of benzene rings is 1. The third-order valence-electron chi connectivity index (χ3n) is 2.99. The minimum atomic E-state index is -4.35. The van der Waals surface area contributed by atoms with Gasteiger partial charge in [-0.2, -0.15) is 13.2 Å². The van der Waals surface area contributed by atoms with Crippen LogP contribution in [0.25, 0.3) is 0 Å². The summed E-state index contributed by atoms with van der Waals surface area (Å²) in [6.07, 6.45) is -1.45. The van der Waals surface area contributed by atoms with Gasteiger partial charge in [-0.25, -0.2) is 4.79 Å². The number of hydrogen-bond donors (Lipinski definition) is 1. The van der Waals surface area contributed by atoms with Crippen molar-refractivity contribution >= 4 is 11.7 Å². The number of ether oxygens (including phenoxy) is 1. The van der Waals surface area contributed by atoms with Gasteiger partial charge in [0.15, 0.2) is 0 Å². The van der Waals surface area contributed by atoms with Crippen molar-refractivity contribution in [2.24, 2.45) is 0 Å². The number of carbonyl (C=O) groups is 1. The topological polar surface area (TPSA) is 51.2 Å². The van der Waals surface area contributed by atoms with E-state index in [-0.39, 0.29) is 6.54 Å². The Hall–Kier alpha value is -2.57. The lowest BCUT2D eigenvalue weighted by Gasteiger charge is -2.11. The number of pyridine rings is 1. The van der Waals surface area contributed by atoms with E-state index in [4.69, 9.17) is 0 Å². The van der Waals surface area contributed by atoms with Crippen LogP contribution >= 0.6 is 0 Å². The third-order valence-corrected chi connectivity index (χ3v) is 2.99. The second-order valence-corrected chi connectivity index (χ2v) is 4.46. The first-order valence-electron chi connectivity index (χ1n) is 6.34. The molecule has 0 saturated heterocycles. The van der Waals surface area contributed by atoms with Crippen molar-refractivity contribution in [2.75, 3.05) is 12.4 Å². The van der Waals surface area contributed by atoms with Gasteiger partial charge in [0.25, 0.3) is 0 Å². The molecule has 0 radical (unpaired) electrons. The van der Waals surface area contributed by atoms with Crippen LogP contribution in [0.1, 0.15) is 21.5 Å². The largest absolute Gasteiger partial charge is 0.465 e. The van der Waals surface area contributed by atoms with Gasteiger partial charge in [0.2, 0.25) is 0 Å². The van der Waals surface area contributed by atoms with Crippen LogP contribution < -0.4 is 5.32 Å². The van der Waals surface area contributed by atoms with E-state index in [1.807, 2.05) is 0 Å². The second-order valence-electron chi connectivity index (χ2n) is 4.46. The monoisotopic (exact) mass is 310 g/mol. The van der Waals surface area contributed by atoms with Gasteiger partial charge in [0.05, 0.1) is 30.1 Å². The van der Waals surface area contributed by atoms with E-state index >= 15 is 0 Å². The van der Waals surface area contributed by atoms with Crippen molar-refractivity contribution in [1.82, 2.24) is 4.98 Å². The number of hydrogen-bond acceptors (Lipinski definition) is 4. The summed E-state index contributed by atoms with van der Waals surface area (Å²) in [4.78, 5) is 15.5. The summed E-state index contributed by atoms with van der Waals surface area (Å²) < 4.78 is 42.1. The Kier molecular flexibility index (Phi) is 4.65. The lowest BCUT2D eigenvalue weighted by molar-refractivity contribution is -0.137. The summed E-state index contributed by atoms with van der Waals surface area (Å²) in [5, 5.41) is 2.96. The Balaban J connectivity index is 2.09. The van der Waals surface area contributed by atoms with Crippen molar-refractivity contribution in [1.29, 1.82) is 0 Å². The Bertz CT molecular complexity index is 655. The molecule has 0 aliphatic rings. The molecule has 1 heterocycles. The van der Waals surface area contributed by atoms with Gasteiger partial charge in [-0.05, 0) is 23.8 Å². The van der Waals surface area contributed by atoms with Gasteiger partial charge in [-0.1, -0.05) is 12.1 Å². The maximum atomic E-state index is 12.5. The van der Waals surface area contributed by atoms with Crippen LogP contribution in [0.3, 0.4) is 0 Å². The van der Waals surface area contributed by atoms with Crippen LogP contribution in [0.15, 0.2) is 42.7 Å². The fraction of sp³-hybridized carbons (Fsp3) is 0.200. The van der Waals surface area contributed by atoms with Gasteiger partial charge in [-0.15, -0.1) is 0 Å². The first-order chi connectivity index (χ1) is 10.4. The van der Waals surface area contributed by atoms with E-state index in [2.05, 4.69) is 15.0 Å². The summed E-state index contributed by atoms with van der Waals surface area (Å²) in [6, 6.07) is 6.29. The highest BCUT2D eigenvalue weighted by molar-refractivity contribution is 5.95. The van der Waals surface area contributed by atoms with Crippen LogP contribution in [0.5, 0.6) is 0 Å². The summed E-state index contributed by atoms with van der Waals surface area (Å²) in [7, 11) is 1.27. The first-order valence-corrected chi connectivity index (χ1v) is 6.34. The minimum Gasteiger partial charge on any atom is -0.465 e. The molecule has 0 fully saturated rings. The number of methoxy groups -OCH3 is 1. The summed E-state index contributed by atoms with van der Waals surface area (Å²) in [5.41, 5.74) is 0.708. The van der Waals surface area contributed by atoms with E-state index in [9.17, 15) is 18.0 Å². The molecule has 7 heteroatoms. The van der Waals surface area contributed by atoms with Gasteiger partial charge >= 0.3 is 12.1 Å². The predicted molar refractivity (Wildman–Crippen MR) is 74.3 cm³/mol. The molecular formula is C15H13F3N2O2. The molecule has 0 aliphatic heterocycles. The van der Waals surface area contributed by atoms with E-state index in [0.29, 0.717) is 16.8 Å². The molecule has 0 saturated carbocycles. The fourth-order valence-corrected chi connectivity index (χ4v) is 1.83. The zero-order valence-electron chi connectivity index (χ0n) is 11.6. The average molecular weight is 310 g/mol. The summed E-state index contributed by atoms with van der Waals surface area (Å²) >= 11 is 0. The lowest BCUT2D eigenvalue weighted by Crippen LogP contribution is -2.09. The normalized spacial score (nSPS) is 11.1. The highest BCUT2D eigenvalue weighted by Crippen LogP contribution is 2.29. The number of rotatable bonds is 4. The minimum absolute atomic E-state index is 0.258. The molecule has 1 aromatic carbocycles. The Labute approximate surface area is 124 Å². The Morgan fingerprint density at radius 1 is 1.23 bits per heavy atom. The summed E-state index contributed by atoms with van der Waals surface area (Å²) in [6.45, 7) is 0.258. The molecule has 0 bridgehead atoms. The zero-order valence-corrected chi connectivity index (χ0v) is 11.6. The predicted octanol–water partition coefficient (Wildman–Crippen LogP) is 3.50. The van der Waals surface area contributed by atoms with Crippen LogP contribution in [0, 0.1) is 0 Å². The molecule has 1 N–H and O–H groups in total. The number of nitrogens with zero attached hydrogens (tertiary/aromatic N) is 1. The van der Waals surface area contributed by atoms with Gasteiger partial charge in [0, 0.05) is 12.7 Å². The highest BCUT2D eigenvalue weighted by atomic mass is 19.4. The SMILES string of the molecule is COC(=O)c1ccncc1NCc1ccc(C(F)(F)F)cc1. The van der Waals surface area contributed by atoms with Crippen LogP contribution in [0.4, 0.5) is 18.9 Å². The number of esters is 1. The quantitative estimate of drug-likeness (QED) is 0.878. The standard InChI is InChI=1S/C15H13F3N2O2/c1-22-14(21)12-6-7-19-9-13(12)20-8-10-2-4-11(5-3-10)15(16,17)18/h2-7,9,20H,8H2,1H3. The molecule has 22 heavy (non-hydrogen) atoms. The molecular weight excluding hydrogens is 297 g/mol. The second kappa shape index (κ2) is 6.46. The van der Waals surface area contributed by atoms with E-state index in [1.165, 1.54) is 37.7 Å². The van der Waals surface area contributed by atoms with Crippen molar-refractivity contribution in [2.45, 2.75) is 12.7 Å². The van der Waals surface area contributed by atoms with Crippen molar-refractivity contribution in [3.63, 3.8) is 0 Å².